The molecular formula is C19H26ClNO12. The van der Waals surface area contributed by atoms with Gasteiger partial charge in [-0.1, -0.05) is 11.6 Å². The standard InChI is InChI=1S/C19H26ClNO12/c1-8(22)21-15-13(30-10(3)24)6-19(20,18(27)28)33-17(15)16(32-12(5)26)14(31-11(4)25)7-29-9(2)23/h13-17H,6-7H2,1-5H3,(H,21,22)(H,27,28)/t13?,14?,15?,16?,17?,19-/m1/s1. The van der Waals surface area contributed by atoms with Crippen LogP contribution in [-0.4, -0.2) is 83.0 Å². The fourth-order valence-corrected chi connectivity index (χ4v) is 3.49. The molecule has 1 aliphatic rings. The van der Waals surface area contributed by atoms with E-state index in [9.17, 15) is 33.9 Å². The Bertz CT molecular complexity index is 802. The van der Waals surface area contributed by atoms with Gasteiger partial charge in [0.05, 0.1) is 6.04 Å². The summed E-state index contributed by atoms with van der Waals surface area (Å²) < 4.78 is 26.0. The lowest BCUT2D eigenvalue weighted by atomic mass is 9.89. The molecule has 14 heteroatoms. The van der Waals surface area contributed by atoms with Gasteiger partial charge in [0.1, 0.15) is 18.8 Å². The lowest BCUT2D eigenvalue weighted by molar-refractivity contribution is -0.224. The first-order chi connectivity index (χ1) is 15.2. The summed E-state index contributed by atoms with van der Waals surface area (Å²) in [6.45, 7) is 4.69. The van der Waals surface area contributed by atoms with Crippen molar-refractivity contribution in [1.29, 1.82) is 0 Å². The van der Waals surface area contributed by atoms with Crippen molar-refractivity contribution in [1.82, 2.24) is 5.32 Å². The Balaban J connectivity index is 3.60. The molecule has 1 saturated heterocycles. The van der Waals surface area contributed by atoms with Crippen molar-refractivity contribution >= 4 is 47.4 Å². The van der Waals surface area contributed by atoms with E-state index in [-0.39, 0.29) is 0 Å². The predicted molar refractivity (Wildman–Crippen MR) is 107 cm³/mol. The summed E-state index contributed by atoms with van der Waals surface area (Å²) in [4.78, 5) is 70.2. The molecule has 186 valence electrons. The second-order valence-corrected chi connectivity index (χ2v) is 7.83. The van der Waals surface area contributed by atoms with Gasteiger partial charge in [-0.05, 0) is 0 Å². The number of alkyl halides is 1. The van der Waals surface area contributed by atoms with Crippen molar-refractivity contribution in [3.63, 3.8) is 0 Å². The molecule has 0 aromatic carbocycles. The highest BCUT2D eigenvalue weighted by Crippen LogP contribution is 2.37. The third kappa shape index (κ3) is 8.50. The number of aliphatic carboxylic acids is 1. The molecule has 1 amide bonds. The van der Waals surface area contributed by atoms with Gasteiger partial charge >= 0.3 is 29.8 Å². The van der Waals surface area contributed by atoms with Crippen molar-refractivity contribution in [2.45, 2.75) is 76.6 Å². The van der Waals surface area contributed by atoms with E-state index in [0.29, 0.717) is 0 Å². The van der Waals surface area contributed by atoms with Crippen LogP contribution in [-0.2, 0) is 52.5 Å². The highest BCUT2D eigenvalue weighted by molar-refractivity contribution is 6.32. The fourth-order valence-electron chi connectivity index (χ4n) is 3.24. The summed E-state index contributed by atoms with van der Waals surface area (Å²) in [5, 5.41) is 9.60. The molecule has 0 aliphatic carbocycles. The normalized spacial score (nSPS) is 26.2. The van der Waals surface area contributed by atoms with Crippen LogP contribution in [0.15, 0.2) is 0 Å². The highest BCUT2D eigenvalue weighted by atomic mass is 35.5. The molecule has 1 heterocycles. The van der Waals surface area contributed by atoms with Crippen LogP contribution in [0.25, 0.3) is 0 Å². The summed E-state index contributed by atoms with van der Waals surface area (Å²) in [7, 11) is 0. The molecule has 5 unspecified atom stereocenters. The number of hydrogen-bond donors (Lipinski definition) is 2. The second kappa shape index (κ2) is 11.8. The predicted octanol–water partition coefficient (Wildman–Crippen LogP) is -0.342. The zero-order valence-electron chi connectivity index (χ0n) is 18.6. The summed E-state index contributed by atoms with van der Waals surface area (Å²) in [5.41, 5.74) is 0. The SMILES string of the molecule is CC(=O)NC1C(OC(C)=O)C[C@](Cl)(C(=O)O)OC1C(OC(C)=O)C(COC(C)=O)OC(C)=O. The maximum atomic E-state index is 11.9. The Morgan fingerprint density at radius 1 is 1.00 bits per heavy atom. The molecule has 1 rings (SSSR count). The van der Waals surface area contributed by atoms with E-state index in [4.69, 9.17) is 35.3 Å². The summed E-state index contributed by atoms with van der Waals surface area (Å²) in [5.74, 6) is -5.63. The number of carbonyl (C=O) groups excluding carboxylic acids is 5. The third-order valence-corrected chi connectivity index (χ3v) is 4.71. The first-order valence-corrected chi connectivity index (χ1v) is 10.1. The maximum absolute atomic E-state index is 11.9. The van der Waals surface area contributed by atoms with Gasteiger partial charge in [-0.2, -0.15) is 0 Å². The highest BCUT2D eigenvalue weighted by Gasteiger charge is 2.57. The van der Waals surface area contributed by atoms with Gasteiger partial charge in [0.2, 0.25) is 11.0 Å². The van der Waals surface area contributed by atoms with E-state index in [1.54, 1.807) is 0 Å². The number of amides is 1. The van der Waals surface area contributed by atoms with Gasteiger partial charge in [0.25, 0.3) is 0 Å². The number of nitrogens with one attached hydrogen (secondary N) is 1. The van der Waals surface area contributed by atoms with E-state index in [1.807, 2.05) is 0 Å². The van der Waals surface area contributed by atoms with Crippen molar-refractivity contribution in [2.75, 3.05) is 6.61 Å². The van der Waals surface area contributed by atoms with Gasteiger partial charge < -0.3 is 34.1 Å². The molecule has 2 N–H and O–H groups in total. The quantitative estimate of drug-likeness (QED) is 0.241. The molecule has 33 heavy (non-hydrogen) atoms. The van der Waals surface area contributed by atoms with E-state index in [1.165, 1.54) is 0 Å². The zero-order chi connectivity index (χ0) is 25.5. The molecule has 6 atom stereocenters. The van der Waals surface area contributed by atoms with E-state index >= 15 is 0 Å². The molecule has 0 aromatic heterocycles. The number of rotatable bonds is 9. The first kappa shape index (κ1) is 28.1. The number of carboxylic acid groups (broad SMARTS) is 1. The minimum atomic E-state index is -2.47. The van der Waals surface area contributed by atoms with Gasteiger partial charge in [-0.25, -0.2) is 4.79 Å². The number of esters is 4. The summed E-state index contributed by atoms with van der Waals surface area (Å²) in [6.07, 6.45) is -6.69. The molecule has 0 spiro atoms. The average molecular weight is 496 g/mol. The van der Waals surface area contributed by atoms with Crippen LogP contribution in [0.5, 0.6) is 0 Å². The van der Waals surface area contributed by atoms with Crippen LogP contribution in [0, 0.1) is 0 Å². The Morgan fingerprint density at radius 2 is 1.58 bits per heavy atom. The third-order valence-electron chi connectivity index (χ3n) is 4.31. The molecular weight excluding hydrogens is 470 g/mol. The Morgan fingerprint density at radius 3 is 2.00 bits per heavy atom. The second-order valence-electron chi connectivity index (χ2n) is 7.22. The Labute approximate surface area is 193 Å². The molecule has 0 saturated carbocycles. The van der Waals surface area contributed by atoms with Crippen molar-refractivity contribution < 1.29 is 57.6 Å². The maximum Gasteiger partial charge on any atom is 0.352 e. The van der Waals surface area contributed by atoms with E-state index < -0.39 is 84.3 Å². The number of ether oxygens (including phenoxy) is 5. The lowest BCUT2D eigenvalue weighted by Gasteiger charge is -2.46. The summed E-state index contributed by atoms with van der Waals surface area (Å²) >= 11 is 6.14. The van der Waals surface area contributed by atoms with Gasteiger partial charge in [-0.3, -0.25) is 24.0 Å². The molecule has 0 radical (unpaired) electrons. The first-order valence-electron chi connectivity index (χ1n) is 9.68. The van der Waals surface area contributed by atoms with E-state index in [0.717, 1.165) is 34.6 Å². The zero-order valence-corrected chi connectivity index (χ0v) is 19.4. The molecule has 0 bridgehead atoms. The monoisotopic (exact) mass is 495 g/mol. The largest absolute Gasteiger partial charge is 0.478 e. The van der Waals surface area contributed by atoms with Crippen molar-refractivity contribution in [2.24, 2.45) is 0 Å². The Kier molecular flexibility index (Phi) is 10.0. The van der Waals surface area contributed by atoms with Crippen LogP contribution in [0.1, 0.15) is 41.0 Å². The molecule has 1 fully saturated rings. The van der Waals surface area contributed by atoms with Gasteiger partial charge in [-0.15, -0.1) is 0 Å². The minimum absolute atomic E-state index is 0.583. The summed E-state index contributed by atoms with van der Waals surface area (Å²) in [6, 6.07) is -1.29. The molecule has 0 aromatic rings. The van der Waals surface area contributed by atoms with Crippen LogP contribution >= 0.6 is 11.6 Å². The van der Waals surface area contributed by atoms with Crippen LogP contribution < -0.4 is 5.32 Å². The molecule has 13 nitrogen and oxygen atoms in total. The fraction of sp³-hybridized carbons (Fsp3) is 0.684. The van der Waals surface area contributed by atoms with Crippen LogP contribution in [0.2, 0.25) is 0 Å². The van der Waals surface area contributed by atoms with Crippen LogP contribution in [0.3, 0.4) is 0 Å². The van der Waals surface area contributed by atoms with E-state index in [2.05, 4.69) is 5.32 Å². The average Bonchev–Trinajstić information content (AvgIpc) is 2.64. The Hall–Kier alpha value is -2.93. The number of carbonyl (C=O) groups is 6. The number of halogens is 1. The smallest absolute Gasteiger partial charge is 0.352 e. The van der Waals surface area contributed by atoms with Crippen LogP contribution in [0.4, 0.5) is 0 Å². The van der Waals surface area contributed by atoms with Crippen molar-refractivity contribution in [3.8, 4) is 0 Å². The number of hydrogen-bond acceptors (Lipinski definition) is 11. The van der Waals surface area contributed by atoms with Gasteiger partial charge in [0.15, 0.2) is 12.2 Å². The lowest BCUT2D eigenvalue weighted by Crippen LogP contribution is -2.67. The molecule has 1 aliphatic heterocycles. The topological polar surface area (TPSA) is 181 Å². The van der Waals surface area contributed by atoms with Gasteiger partial charge in [0, 0.05) is 41.0 Å². The van der Waals surface area contributed by atoms with Crippen molar-refractivity contribution in [3.05, 3.63) is 0 Å². The number of carboxylic acids is 1. The minimum Gasteiger partial charge on any atom is -0.478 e.